The molecule has 0 aromatic heterocycles. The maximum Gasteiger partial charge on any atom is 0.305 e. The Kier molecular flexibility index (Phi) is 10.7. The molecule has 0 aromatic carbocycles. The zero-order valence-corrected chi connectivity index (χ0v) is 13.2. The number of hydrogen-bond acceptors (Lipinski definition) is 3. The smallest absolute Gasteiger partial charge is 0.305 e. The van der Waals surface area contributed by atoms with Crippen LogP contribution in [0.5, 0.6) is 0 Å². The quantitative estimate of drug-likeness (QED) is 0.265. The second-order valence-electron chi connectivity index (χ2n) is 5.90. The lowest BCUT2D eigenvalue weighted by Crippen LogP contribution is -2.05. The van der Waals surface area contributed by atoms with Crippen molar-refractivity contribution in [3.63, 3.8) is 0 Å². The summed E-state index contributed by atoms with van der Waals surface area (Å²) in [6, 6.07) is 0. The van der Waals surface area contributed by atoms with E-state index in [1.807, 2.05) is 0 Å². The van der Waals surface area contributed by atoms with Crippen LogP contribution in [0, 0.1) is 0 Å². The van der Waals surface area contributed by atoms with E-state index < -0.39 is 0 Å². The van der Waals surface area contributed by atoms with Gasteiger partial charge < -0.3 is 9.47 Å². The zero-order chi connectivity index (χ0) is 14.5. The van der Waals surface area contributed by atoms with Gasteiger partial charge in [0.2, 0.25) is 0 Å². The van der Waals surface area contributed by atoms with Crippen LogP contribution in [0.3, 0.4) is 0 Å². The molecule has 1 rings (SSSR count). The Labute approximate surface area is 124 Å². The molecule has 3 nitrogen and oxygen atoms in total. The summed E-state index contributed by atoms with van der Waals surface area (Å²) in [5, 5.41) is 0. The van der Waals surface area contributed by atoms with E-state index in [0.717, 1.165) is 32.3 Å². The van der Waals surface area contributed by atoms with Crippen molar-refractivity contribution in [1.82, 2.24) is 0 Å². The molecule has 1 atom stereocenters. The normalized spacial score (nSPS) is 17.1. The summed E-state index contributed by atoms with van der Waals surface area (Å²) in [4.78, 5) is 11.5. The number of carbonyl (C=O) groups excluding carboxylic acids is 1. The molecule has 1 unspecified atom stereocenters. The molecule has 0 N–H and O–H groups in total. The Morgan fingerprint density at radius 2 is 1.65 bits per heavy atom. The van der Waals surface area contributed by atoms with Crippen LogP contribution in [0.4, 0.5) is 0 Å². The SMILES string of the molecule is CCCCCCCCCOC(=O)CCCCCC1CO1. The summed E-state index contributed by atoms with van der Waals surface area (Å²) in [6.45, 7) is 3.79. The van der Waals surface area contributed by atoms with E-state index in [1.165, 1.54) is 44.9 Å². The van der Waals surface area contributed by atoms with E-state index in [4.69, 9.17) is 9.47 Å². The van der Waals surface area contributed by atoms with Crippen LogP contribution in [0.2, 0.25) is 0 Å². The van der Waals surface area contributed by atoms with Gasteiger partial charge in [0.25, 0.3) is 0 Å². The van der Waals surface area contributed by atoms with Crippen molar-refractivity contribution in [2.75, 3.05) is 13.2 Å². The van der Waals surface area contributed by atoms with E-state index in [1.54, 1.807) is 0 Å². The molecule has 118 valence electrons. The van der Waals surface area contributed by atoms with E-state index >= 15 is 0 Å². The van der Waals surface area contributed by atoms with Gasteiger partial charge in [-0.05, 0) is 19.3 Å². The number of carbonyl (C=O) groups is 1. The fourth-order valence-corrected chi connectivity index (χ4v) is 2.37. The van der Waals surface area contributed by atoms with Crippen LogP contribution in [0.1, 0.15) is 84.0 Å². The Morgan fingerprint density at radius 1 is 1.00 bits per heavy atom. The predicted octanol–water partition coefficient (Wildman–Crippen LogP) is 4.63. The zero-order valence-electron chi connectivity index (χ0n) is 13.2. The third-order valence-electron chi connectivity index (χ3n) is 3.82. The molecular formula is C17H32O3. The number of esters is 1. The van der Waals surface area contributed by atoms with Crippen molar-refractivity contribution >= 4 is 5.97 Å². The summed E-state index contributed by atoms with van der Waals surface area (Å²) in [7, 11) is 0. The summed E-state index contributed by atoms with van der Waals surface area (Å²) < 4.78 is 10.4. The lowest BCUT2D eigenvalue weighted by atomic mass is 10.1. The maximum absolute atomic E-state index is 11.5. The van der Waals surface area contributed by atoms with Crippen LogP contribution in [0.15, 0.2) is 0 Å². The van der Waals surface area contributed by atoms with Gasteiger partial charge in [0.15, 0.2) is 0 Å². The van der Waals surface area contributed by atoms with Crippen LogP contribution < -0.4 is 0 Å². The van der Waals surface area contributed by atoms with Gasteiger partial charge in [0.1, 0.15) is 0 Å². The molecule has 0 saturated carbocycles. The minimum Gasteiger partial charge on any atom is -0.466 e. The van der Waals surface area contributed by atoms with Crippen molar-refractivity contribution in [3.8, 4) is 0 Å². The monoisotopic (exact) mass is 284 g/mol. The highest BCUT2D eigenvalue weighted by atomic mass is 16.6. The predicted molar refractivity (Wildman–Crippen MR) is 81.8 cm³/mol. The molecule has 1 fully saturated rings. The van der Waals surface area contributed by atoms with E-state index in [2.05, 4.69) is 6.92 Å². The molecule has 1 heterocycles. The van der Waals surface area contributed by atoms with Gasteiger partial charge in [-0.3, -0.25) is 4.79 Å². The molecular weight excluding hydrogens is 252 g/mol. The third-order valence-corrected chi connectivity index (χ3v) is 3.82. The second-order valence-corrected chi connectivity index (χ2v) is 5.90. The molecule has 0 aliphatic carbocycles. The van der Waals surface area contributed by atoms with Crippen LogP contribution in [-0.2, 0) is 14.3 Å². The van der Waals surface area contributed by atoms with Gasteiger partial charge in [-0.1, -0.05) is 58.3 Å². The van der Waals surface area contributed by atoms with Crippen LogP contribution >= 0.6 is 0 Å². The van der Waals surface area contributed by atoms with Crippen molar-refractivity contribution in [2.45, 2.75) is 90.1 Å². The van der Waals surface area contributed by atoms with Gasteiger partial charge >= 0.3 is 5.97 Å². The average Bonchev–Trinajstić information content (AvgIpc) is 3.25. The molecule has 1 saturated heterocycles. The third kappa shape index (κ3) is 11.3. The Hall–Kier alpha value is -0.570. The van der Waals surface area contributed by atoms with Crippen LogP contribution in [-0.4, -0.2) is 25.3 Å². The van der Waals surface area contributed by atoms with E-state index in [-0.39, 0.29) is 5.97 Å². The maximum atomic E-state index is 11.5. The lowest BCUT2D eigenvalue weighted by molar-refractivity contribution is -0.143. The van der Waals surface area contributed by atoms with Crippen molar-refractivity contribution in [2.24, 2.45) is 0 Å². The van der Waals surface area contributed by atoms with Crippen molar-refractivity contribution in [1.29, 1.82) is 0 Å². The summed E-state index contributed by atoms with van der Waals surface area (Å²) >= 11 is 0. The summed E-state index contributed by atoms with van der Waals surface area (Å²) in [6.07, 6.45) is 14.3. The highest BCUT2D eigenvalue weighted by Crippen LogP contribution is 2.17. The minimum absolute atomic E-state index is 0.0151. The number of unbranched alkanes of at least 4 members (excludes halogenated alkanes) is 8. The molecule has 0 aromatic rings. The minimum atomic E-state index is -0.0151. The fraction of sp³-hybridized carbons (Fsp3) is 0.941. The number of ether oxygens (including phenoxy) is 2. The first-order valence-electron chi connectivity index (χ1n) is 8.60. The van der Waals surface area contributed by atoms with Crippen molar-refractivity contribution < 1.29 is 14.3 Å². The molecule has 0 radical (unpaired) electrons. The Morgan fingerprint density at radius 3 is 2.35 bits per heavy atom. The molecule has 1 aliphatic rings. The van der Waals surface area contributed by atoms with Gasteiger partial charge in [-0.15, -0.1) is 0 Å². The van der Waals surface area contributed by atoms with Gasteiger partial charge in [0.05, 0.1) is 19.3 Å². The highest BCUT2D eigenvalue weighted by molar-refractivity contribution is 5.69. The fourth-order valence-electron chi connectivity index (χ4n) is 2.37. The summed E-state index contributed by atoms with van der Waals surface area (Å²) in [5.41, 5.74) is 0. The molecule has 3 heteroatoms. The van der Waals surface area contributed by atoms with Crippen LogP contribution in [0.25, 0.3) is 0 Å². The van der Waals surface area contributed by atoms with Crippen molar-refractivity contribution in [3.05, 3.63) is 0 Å². The average molecular weight is 284 g/mol. The lowest BCUT2D eigenvalue weighted by Gasteiger charge is -2.05. The van der Waals surface area contributed by atoms with Gasteiger partial charge in [-0.25, -0.2) is 0 Å². The first kappa shape index (κ1) is 17.5. The first-order chi connectivity index (χ1) is 9.83. The highest BCUT2D eigenvalue weighted by Gasteiger charge is 2.20. The summed E-state index contributed by atoms with van der Waals surface area (Å²) in [5.74, 6) is -0.0151. The molecule has 1 aliphatic heterocycles. The molecule has 0 amide bonds. The largest absolute Gasteiger partial charge is 0.466 e. The standard InChI is InChI=1S/C17H32O3/c1-2-3-4-5-6-7-11-14-19-17(18)13-10-8-9-12-16-15-20-16/h16H,2-15H2,1H3. The topological polar surface area (TPSA) is 38.8 Å². The molecule has 20 heavy (non-hydrogen) atoms. The van der Waals surface area contributed by atoms with E-state index in [0.29, 0.717) is 19.1 Å². The second kappa shape index (κ2) is 12.2. The molecule has 0 bridgehead atoms. The first-order valence-corrected chi connectivity index (χ1v) is 8.60. The Balaban J connectivity index is 1.73. The van der Waals surface area contributed by atoms with E-state index in [9.17, 15) is 4.79 Å². The molecule has 0 spiro atoms. The van der Waals surface area contributed by atoms with Gasteiger partial charge in [0, 0.05) is 6.42 Å². The number of hydrogen-bond donors (Lipinski definition) is 0. The Bertz CT molecular complexity index is 236. The van der Waals surface area contributed by atoms with Gasteiger partial charge in [-0.2, -0.15) is 0 Å². The number of rotatable bonds is 14. The number of epoxide rings is 1.